The third kappa shape index (κ3) is 2.62. The van der Waals surface area contributed by atoms with Crippen molar-refractivity contribution in [3.63, 3.8) is 0 Å². The highest BCUT2D eigenvalue weighted by Crippen LogP contribution is 2.33. The zero-order valence-electron chi connectivity index (χ0n) is 10.1. The molecule has 1 aromatic carbocycles. The molecule has 5 nitrogen and oxygen atoms in total. The summed E-state index contributed by atoms with van der Waals surface area (Å²) in [6.45, 7) is 0. The molecule has 19 heavy (non-hydrogen) atoms. The monoisotopic (exact) mass is 251 g/mol. The van der Waals surface area contributed by atoms with E-state index < -0.39 is 0 Å². The maximum absolute atomic E-state index is 8.97. The van der Waals surface area contributed by atoms with Crippen LogP contribution in [0.5, 0.6) is 17.2 Å². The second kappa shape index (κ2) is 5.52. The second-order valence-corrected chi connectivity index (χ2v) is 3.56. The Morgan fingerprint density at radius 2 is 1.89 bits per heavy atom. The molecule has 0 fully saturated rings. The number of pyridine rings is 1. The van der Waals surface area contributed by atoms with Gasteiger partial charge >= 0.3 is 0 Å². The molecule has 2 aromatic rings. The van der Waals surface area contributed by atoms with Crippen molar-refractivity contribution in [2.45, 2.75) is 0 Å². The summed E-state index contributed by atoms with van der Waals surface area (Å²) in [5, 5.41) is 17.8. The quantitative estimate of drug-likeness (QED) is 0.837. The molecule has 0 amide bonds. The summed E-state index contributed by atoms with van der Waals surface area (Å²) in [6, 6.07) is 10.4. The fourth-order valence-electron chi connectivity index (χ4n) is 1.49. The Balaban J connectivity index is 2.39. The van der Waals surface area contributed by atoms with E-state index in [1.54, 1.807) is 24.3 Å². The van der Waals surface area contributed by atoms with Crippen LogP contribution in [-0.2, 0) is 0 Å². The first-order valence-electron chi connectivity index (χ1n) is 5.38. The molecule has 0 N–H and O–H groups in total. The fourth-order valence-corrected chi connectivity index (χ4v) is 1.49. The number of benzene rings is 1. The van der Waals surface area contributed by atoms with Crippen molar-refractivity contribution in [2.75, 3.05) is 7.11 Å². The molecule has 1 heterocycles. The van der Waals surface area contributed by atoms with Crippen LogP contribution in [0.3, 0.4) is 0 Å². The molecule has 1 aromatic heterocycles. The third-order valence-corrected chi connectivity index (χ3v) is 2.42. The predicted molar refractivity (Wildman–Crippen MR) is 66.7 cm³/mol. The molecule has 0 aliphatic carbocycles. The van der Waals surface area contributed by atoms with E-state index in [9.17, 15) is 0 Å². The topological polar surface area (TPSA) is 78.9 Å². The lowest BCUT2D eigenvalue weighted by Crippen LogP contribution is -1.93. The van der Waals surface area contributed by atoms with Gasteiger partial charge in [0.1, 0.15) is 6.07 Å². The van der Waals surface area contributed by atoms with Gasteiger partial charge < -0.3 is 9.47 Å². The van der Waals surface area contributed by atoms with Crippen molar-refractivity contribution in [3.8, 4) is 29.4 Å². The molecule has 0 radical (unpaired) electrons. The van der Waals surface area contributed by atoms with Crippen LogP contribution in [0.25, 0.3) is 0 Å². The van der Waals surface area contributed by atoms with E-state index in [1.165, 1.54) is 19.5 Å². The molecule has 0 saturated heterocycles. The number of nitriles is 2. The summed E-state index contributed by atoms with van der Waals surface area (Å²) >= 11 is 0. The van der Waals surface area contributed by atoms with Gasteiger partial charge in [-0.2, -0.15) is 10.5 Å². The molecule has 0 saturated carbocycles. The molecule has 2 rings (SSSR count). The molecular formula is C14H9N3O2. The van der Waals surface area contributed by atoms with Crippen LogP contribution in [0, 0.1) is 22.7 Å². The normalized spacial score (nSPS) is 9.21. The SMILES string of the molecule is COc1cc(C#N)ccc1Oc1cnccc1C#N. The number of nitrogens with zero attached hydrogens (tertiary/aromatic N) is 3. The van der Waals surface area contributed by atoms with E-state index >= 15 is 0 Å². The third-order valence-electron chi connectivity index (χ3n) is 2.42. The highest BCUT2D eigenvalue weighted by atomic mass is 16.5. The largest absolute Gasteiger partial charge is 0.493 e. The van der Waals surface area contributed by atoms with Gasteiger partial charge in [0.05, 0.1) is 30.5 Å². The Hall–Kier alpha value is -3.05. The Morgan fingerprint density at radius 3 is 2.58 bits per heavy atom. The van der Waals surface area contributed by atoms with Gasteiger partial charge in [-0.25, -0.2) is 0 Å². The summed E-state index contributed by atoms with van der Waals surface area (Å²) < 4.78 is 10.8. The standard InChI is InChI=1S/C14H9N3O2/c1-18-13-6-10(7-15)2-3-12(13)19-14-9-17-5-4-11(14)8-16/h2-6,9H,1H3. The summed E-state index contributed by atoms with van der Waals surface area (Å²) in [5.74, 6) is 1.19. The molecule has 5 heteroatoms. The van der Waals surface area contributed by atoms with Crippen LogP contribution >= 0.6 is 0 Å². The Labute approximate surface area is 110 Å². The predicted octanol–water partition coefficient (Wildman–Crippen LogP) is 2.63. The zero-order chi connectivity index (χ0) is 13.7. The van der Waals surface area contributed by atoms with E-state index in [0.29, 0.717) is 28.4 Å². The van der Waals surface area contributed by atoms with Crippen LogP contribution in [0.4, 0.5) is 0 Å². The summed E-state index contributed by atoms with van der Waals surface area (Å²) in [5.41, 5.74) is 0.845. The van der Waals surface area contributed by atoms with Crippen LogP contribution in [0.2, 0.25) is 0 Å². The van der Waals surface area contributed by atoms with E-state index in [2.05, 4.69) is 4.98 Å². The van der Waals surface area contributed by atoms with Crippen LogP contribution in [0.1, 0.15) is 11.1 Å². The van der Waals surface area contributed by atoms with Crippen LogP contribution < -0.4 is 9.47 Å². The zero-order valence-corrected chi connectivity index (χ0v) is 10.1. The van der Waals surface area contributed by atoms with Gasteiger partial charge in [0.25, 0.3) is 0 Å². The molecule has 0 aliphatic rings. The Bertz CT molecular complexity index is 684. The fraction of sp³-hybridized carbons (Fsp3) is 0.0714. The van der Waals surface area contributed by atoms with Gasteiger partial charge in [0.15, 0.2) is 17.2 Å². The molecule has 0 unspecified atom stereocenters. The highest BCUT2D eigenvalue weighted by Gasteiger charge is 2.10. The number of rotatable bonds is 3. The number of methoxy groups -OCH3 is 1. The Kier molecular flexibility index (Phi) is 3.61. The molecule has 0 atom stereocenters. The first-order valence-corrected chi connectivity index (χ1v) is 5.38. The highest BCUT2D eigenvalue weighted by molar-refractivity contribution is 5.50. The van der Waals surface area contributed by atoms with Crippen molar-refractivity contribution in [3.05, 3.63) is 47.8 Å². The van der Waals surface area contributed by atoms with Crippen molar-refractivity contribution in [2.24, 2.45) is 0 Å². The molecule has 0 aliphatic heterocycles. The van der Waals surface area contributed by atoms with Gasteiger partial charge in [0.2, 0.25) is 0 Å². The van der Waals surface area contributed by atoms with Gasteiger partial charge in [-0.1, -0.05) is 0 Å². The van der Waals surface area contributed by atoms with E-state index in [0.717, 1.165) is 0 Å². The molecule has 92 valence electrons. The summed E-state index contributed by atoms with van der Waals surface area (Å²) in [6.07, 6.45) is 2.97. The second-order valence-electron chi connectivity index (χ2n) is 3.56. The van der Waals surface area contributed by atoms with E-state index in [4.69, 9.17) is 20.0 Å². The van der Waals surface area contributed by atoms with Gasteiger partial charge in [-0.3, -0.25) is 4.98 Å². The van der Waals surface area contributed by atoms with E-state index in [1.807, 2.05) is 12.1 Å². The van der Waals surface area contributed by atoms with Crippen molar-refractivity contribution in [1.82, 2.24) is 4.98 Å². The minimum atomic E-state index is 0.341. The molecule has 0 bridgehead atoms. The first-order chi connectivity index (χ1) is 9.28. The van der Waals surface area contributed by atoms with Gasteiger partial charge in [-0.15, -0.1) is 0 Å². The number of hydrogen-bond acceptors (Lipinski definition) is 5. The van der Waals surface area contributed by atoms with Crippen LogP contribution in [0.15, 0.2) is 36.7 Å². The van der Waals surface area contributed by atoms with Crippen molar-refractivity contribution < 1.29 is 9.47 Å². The minimum absolute atomic E-state index is 0.341. The average Bonchev–Trinajstić information content (AvgIpc) is 2.48. The van der Waals surface area contributed by atoms with Crippen molar-refractivity contribution in [1.29, 1.82) is 10.5 Å². The lowest BCUT2D eigenvalue weighted by molar-refractivity contribution is 0.378. The first kappa shape index (κ1) is 12.4. The number of ether oxygens (including phenoxy) is 2. The van der Waals surface area contributed by atoms with Crippen molar-refractivity contribution >= 4 is 0 Å². The maximum Gasteiger partial charge on any atom is 0.169 e. The smallest absolute Gasteiger partial charge is 0.169 e. The van der Waals surface area contributed by atoms with Gasteiger partial charge in [-0.05, 0) is 18.2 Å². The summed E-state index contributed by atoms with van der Waals surface area (Å²) in [4.78, 5) is 3.91. The minimum Gasteiger partial charge on any atom is -0.493 e. The number of aromatic nitrogens is 1. The van der Waals surface area contributed by atoms with Gasteiger partial charge in [0, 0.05) is 12.3 Å². The number of hydrogen-bond donors (Lipinski definition) is 0. The molecule has 0 spiro atoms. The maximum atomic E-state index is 8.97. The lowest BCUT2D eigenvalue weighted by atomic mass is 10.2. The van der Waals surface area contributed by atoms with E-state index in [-0.39, 0.29) is 0 Å². The Morgan fingerprint density at radius 1 is 1.05 bits per heavy atom. The average molecular weight is 251 g/mol. The summed E-state index contributed by atoms with van der Waals surface area (Å²) in [7, 11) is 1.48. The lowest BCUT2D eigenvalue weighted by Gasteiger charge is -2.10. The van der Waals surface area contributed by atoms with Crippen LogP contribution in [-0.4, -0.2) is 12.1 Å². The molecular weight excluding hydrogens is 242 g/mol.